The summed E-state index contributed by atoms with van der Waals surface area (Å²) in [5, 5.41) is 10.9. The molecule has 8 nitrogen and oxygen atoms in total. The Morgan fingerprint density at radius 1 is 1.46 bits per heavy atom. The summed E-state index contributed by atoms with van der Waals surface area (Å²) in [6.07, 6.45) is 1.38. The van der Waals surface area contributed by atoms with Crippen LogP contribution in [0.1, 0.15) is 30.4 Å². The maximum Gasteiger partial charge on any atom is 0.266 e. The molecule has 0 saturated carbocycles. The molecule has 2 aromatic rings. The van der Waals surface area contributed by atoms with Crippen LogP contribution in [-0.4, -0.2) is 38.3 Å². The largest absolute Gasteiger partial charge is 0.360 e. The summed E-state index contributed by atoms with van der Waals surface area (Å²) >= 11 is 0. The molecule has 1 amide bonds. The zero-order chi connectivity index (χ0) is 17.3. The van der Waals surface area contributed by atoms with E-state index >= 15 is 0 Å². The minimum Gasteiger partial charge on any atom is -0.360 e. The predicted molar refractivity (Wildman–Crippen MR) is 87.5 cm³/mol. The van der Waals surface area contributed by atoms with Crippen LogP contribution in [0.15, 0.2) is 21.5 Å². The number of nitrogens with one attached hydrogen (secondary N) is 1. The average Bonchev–Trinajstić information content (AvgIpc) is 2.94. The van der Waals surface area contributed by atoms with Gasteiger partial charge in [0.05, 0.1) is 11.7 Å². The number of fused-ring (bicyclic) bond motifs is 1. The van der Waals surface area contributed by atoms with Crippen LogP contribution in [0, 0.1) is 6.92 Å². The molecule has 3 heterocycles. The Balaban J connectivity index is 1.75. The lowest BCUT2D eigenvalue weighted by atomic mass is 10.0. The Hall–Kier alpha value is -2.48. The molecule has 0 spiro atoms. The normalized spacial score (nSPS) is 15.8. The monoisotopic (exact) mass is 331 g/mol. The van der Waals surface area contributed by atoms with E-state index in [0.29, 0.717) is 24.5 Å². The van der Waals surface area contributed by atoms with Crippen molar-refractivity contribution >= 4 is 11.7 Å². The van der Waals surface area contributed by atoms with Crippen molar-refractivity contribution in [1.29, 1.82) is 0 Å². The molecule has 8 heteroatoms. The van der Waals surface area contributed by atoms with E-state index < -0.39 is 0 Å². The van der Waals surface area contributed by atoms with Crippen molar-refractivity contribution in [2.45, 2.75) is 39.3 Å². The second-order valence-electron chi connectivity index (χ2n) is 6.03. The van der Waals surface area contributed by atoms with Crippen LogP contribution in [0.25, 0.3) is 0 Å². The lowest BCUT2D eigenvalue weighted by Gasteiger charge is -2.33. The quantitative estimate of drug-likeness (QED) is 0.893. The Morgan fingerprint density at radius 3 is 2.92 bits per heavy atom. The molecule has 1 aliphatic heterocycles. The van der Waals surface area contributed by atoms with Gasteiger partial charge in [0.25, 0.3) is 5.56 Å². The minimum absolute atomic E-state index is 0.119. The molecule has 24 heavy (non-hydrogen) atoms. The van der Waals surface area contributed by atoms with Gasteiger partial charge in [-0.25, -0.2) is 4.68 Å². The molecular formula is C16H21N5O3. The second-order valence-corrected chi connectivity index (χ2v) is 6.03. The summed E-state index contributed by atoms with van der Waals surface area (Å²) in [5.41, 5.74) is 1.69. The Morgan fingerprint density at radius 2 is 2.25 bits per heavy atom. The van der Waals surface area contributed by atoms with Gasteiger partial charge in [0.15, 0.2) is 5.82 Å². The highest BCUT2D eigenvalue weighted by atomic mass is 16.5. The fraction of sp³-hybridized carbons (Fsp3) is 0.500. The number of anilines is 1. The zero-order valence-corrected chi connectivity index (χ0v) is 14.1. The van der Waals surface area contributed by atoms with Gasteiger partial charge >= 0.3 is 0 Å². The minimum atomic E-state index is -0.292. The van der Waals surface area contributed by atoms with Crippen LogP contribution in [0.2, 0.25) is 0 Å². The number of nitrogens with zero attached hydrogens (tertiary/aromatic N) is 4. The molecule has 0 radical (unpaired) electrons. The number of carbonyl (C=O) groups excluding carboxylic acids is 1. The molecule has 1 atom stereocenters. The van der Waals surface area contributed by atoms with Crippen LogP contribution in [0.4, 0.5) is 5.82 Å². The summed E-state index contributed by atoms with van der Waals surface area (Å²) in [6.45, 7) is 5.01. The third kappa shape index (κ3) is 3.23. The van der Waals surface area contributed by atoms with Gasteiger partial charge in [-0.1, -0.05) is 12.1 Å². The number of carbonyl (C=O) groups is 1. The van der Waals surface area contributed by atoms with E-state index in [2.05, 4.69) is 20.5 Å². The standard InChI is InChI=1S/C16H21N5O3/c1-4-13(16(23)17-14-7-10(2)24-19-14)21-6-5-12-11(9-21)8-15(22)20(3)18-12/h7-8,13H,4-6,9H2,1-3H3,(H,17,19,23). The van der Waals surface area contributed by atoms with Crippen molar-refractivity contribution in [2.24, 2.45) is 7.05 Å². The zero-order valence-electron chi connectivity index (χ0n) is 14.1. The molecule has 128 valence electrons. The van der Waals surface area contributed by atoms with E-state index in [1.54, 1.807) is 26.1 Å². The number of amides is 1. The lowest BCUT2D eigenvalue weighted by molar-refractivity contribution is -0.121. The smallest absolute Gasteiger partial charge is 0.266 e. The predicted octanol–water partition coefficient (Wildman–Crippen LogP) is 0.852. The Kier molecular flexibility index (Phi) is 4.48. The first-order valence-electron chi connectivity index (χ1n) is 8.02. The van der Waals surface area contributed by atoms with E-state index in [4.69, 9.17) is 4.52 Å². The van der Waals surface area contributed by atoms with Crippen molar-refractivity contribution in [3.8, 4) is 0 Å². The number of rotatable bonds is 4. The number of hydrogen-bond acceptors (Lipinski definition) is 6. The van der Waals surface area contributed by atoms with E-state index in [1.807, 2.05) is 6.92 Å². The molecule has 0 saturated heterocycles. The lowest BCUT2D eigenvalue weighted by Crippen LogP contribution is -2.46. The van der Waals surface area contributed by atoms with Gasteiger partial charge in [0.2, 0.25) is 5.91 Å². The first kappa shape index (κ1) is 16.4. The van der Waals surface area contributed by atoms with Gasteiger partial charge in [-0.15, -0.1) is 0 Å². The third-order valence-corrected chi connectivity index (χ3v) is 4.28. The van der Waals surface area contributed by atoms with E-state index in [0.717, 1.165) is 24.2 Å². The molecule has 2 aromatic heterocycles. The van der Waals surface area contributed by atoms with Gasteiger partial charge in [0, 0.05) is 38.7 Å². The summed E-state index contributed by atoms with van der Waals surface area (Å²) in [5.74, 6) is 0.946. The van der Waals surface area contributed by atoms with Crippen LogP contribution >= 0.6 is 0 Å². The summed E-state index contributed by atoms with van der Waals surface area (Å²) in [6, 6.07) is 3.00. The SMILES string of the molecule is CCC(C(=O)Nc1cc(C)on1)N1CCc2nn(C)c(=O)cc2C1. The van der Waals surface area contributed by atoms with Crippen molar-refractivity contribution in [2.75, 3.05) is 11.9 Å². The Bertz CT molecular complexity index is 810. The van der Waals surface area contributed by atoms with Crippen LogP contribution in [-0.2, 0) is 24.8 Å². The fourth-order valence-corrected chi connectivity index (χ4v) is 3.03. The topological polar surface area (TPSA) is 93.3 Å². The second kappa shape index (κ2) is 6.56. The maximum atomic E-state index is 12.6. The number of aromatic nitrogens is 3. The Labute approximate surface area is 139 Å². The highest BCUT2D eigenvalue weighted by molar-refractivity contribution is 5.94. The molecule has 0 aromatic carbocycles. The summed E-state index contributed by atoms with van der Waals surface area (Å²) in [7, 11) is 1.65. The van der Waals surface area contributed by atoms with Gasteiger partial charge in [-0.2, -0.15) is 5.10 Å². The average molecular weight is 331 g/mol. The summed E-state index contributed by atoms with van der Waals surface area (Å²) in [4.78, 5) is 26.4. The molecule has 0 aliphatic carbocycles. The van der Waals surface area contributed by atoms with Crippen LogP contribution in [0.3, 0.4) is 0 Å². The highest BCUT2D eigenvalue weighted by Crippen LogP contribution is 2.20. The number of hydrogen-bond donors (Lipinski definition) is 1. The molecule has 0 bridgehead atoms. The third-order valence-electron chi connectivity index (χ3n) is 4.28. The first-order chi connectivity index (χ1) is 11.5. The molecule has 1 unspecified atom stereocenters. The van der Waals surface area contributed by atoms with E-state index in [-0.39, 0.29) is 17.5 Å². The fourth-order valence-electron chi connectivity index (χ4n) is 3.03. The van der Waals surface area contributed by atoms with Crippen molar-refractivity contribution in [3.05, 3.63) is 39.5 Å². The van der Waals surface area contributed by atoms with E-state index in [9.17, 15) is 9.59 Å². The molecule has 3 rings (SSSR count). The van der Waals surface area contributed by atoms with Crippen LogP contribution in [0.5, 0.6) is 0 Å². The molecule has 1 aliphatic rings. The number of aryl methyl sites for hydroxylation is 2. The first-order valence-corrected chi connectivity index (χ1v) is 8.02. The van der Waals surface area contributed by atoms with Gasteiger partial charge in [0.1, 0.15) is 5.76 Å². The van der Waals surface area contributed by atoms with Crippen molar-refractivity contribution in [1.82, 2.24) is 19.8 Å². The molecule has 0 fully saturated rings. The highest BCUT2D eigenvalue weighted by Gasteiger charge is 2.29. The summed E-state index contributed by atoms with van der Waals surface area (Å²) < 4.78 is 6.32. The van der Waals surface area contributed by atoms with Gasteiger partial charge < -0.3 is 9.84 Å². The van der Waals surface area contributed by atoms with Crippen LogP contribution < -0.4 is 10.9 Å². The van der Waals surface area contributed by atoms with E-state index in [1.165, 1.54) is 4.68 Å². The van der Waals surface area contributed by atoms with Crippen molar-refractivity contribution in [3.63, 3.8) is 0 Å². The molecular weight excluding hydrogens is 310 g/mol. The van der Waals surface area contributed by atoms with Crippen molar-refractivity contribution < 1.29 is 9.32 Å². The van der Waals surface area contributed by atoms with Gasteiger partial charge in [-0.3, -0.25) is 14.5 Å². The molecule has 1 N–H and O–H groups in total. The van der Waals surface area contributed by atoms with Gasteiger partial charge in [-0.05, 0) is 18.9 Å². The maximum absolute atomic E-state index is 12.6.